The molecular formula is C68H112O6. The van der Waals surface area contributed by atoms with Crippen molar-refractivity contribution in [1.29, 1.82) is 0 Å². The second-order valence-corrected chi connectivity index (χ2v) is 19.9. The van der Waals surface area contributed by atoms with Gasteiger partial charge in [-0.15, -0.1) is 0 Å². The molecule has 420 valence electrons. The lowest BCUT2D eigenvalue weighted by Crippen LogP contribution is -2.30. The summed E-state index contributed by atoms with van der Waals surface area (Å²) in [5, 5.41) is 0. The minimum Gasteiger partial charge on any atom is -0.462 e. The Morgan fingerprint density at radius 2 is 0.527 bits per heavy atom. The van der Waals surface area contributed by atoms with Gasteiger partial charge in [-0.1, -0.05) is 258 Å². The van der Waals surface area contributed by atoms with E-state index in [1.807, 2.05) is 0 Å². The summed E-state index contributed by atoms with van der Waals surface area (Å²) in [5.41, 5.74) is 0. The maximum atomic E-state index is 12.8. The third-order valence-corrected chi connectivity index (χ3v) is 12.7. The van der Waals surface area contributed by atoms with E-state index in [4.69, 9.17) is 14.2 Å². The minimum absolute atomic E-state index is 0.0853. The predicted molar refractivity (Wildman–Crippen MR) is 320 cm³/mol. The van der Waals surface area contributed by atoms with Crippen molar-refractivity contribution >= 4 is 17.9 Å². The molecule has 0 aliphatic rings. The monoisotopic (exact) mass is 1020 g/mol. The molecule has 0 amide bonds. The van der Waals surface area contributed by atoms with E-state index in [1.165, 1.54) is 96.3 Å². The summed E-state index contributed by atoms with van der Waals surface area (Å²) >= 11 is 0. The number of allylic oxidation sites excluding steroid dienone is 20. The van der Waals surface area contributed by atoms with E-state index in [0.29, 0.717) is 19.3 Å². The van der Waals surface area contributed by atoms with E-state index < -0.39 is 6.10 Å². The van der Waals surface area contributed by atoms with Crippen LogP contribution in [0.3, 0.4) is 0 Å². The topological polar surface area (TPSA) is 78.9 Å². The SMILES string of the molecule is CC/C=C\C/C=C\C/C=C\C/C=C\C/C=C\C/C=C\C/C=C\C/C=C\C/C=C\CCCCCCCCCC(=O)OCC(COC(=O)CCCCCCCC)OC(=O)CCCCCCC/C=C\CCCCCCCC. The highest BCUT2D eigenvalue weighted by molar-refractivity contribution is 5.71. The first-order chi connectivity index (χ1) is 36.5. The van der Waals surface area contributed by atoms with Crippen LogP contribution < -0.4 is 0 Å². The third-order valence-electron chi connectivity index (χ3n) is 12.7. The summed E-state index contributed by atoms with van der Waals surface area (Å²) in [4.78, 5) is 37.9. The van der Waals surface area contributed by atoms with Crippen molar-refractivity contribution in [1.82, 2.24) is 0 Å². The van der Waals surface area contributed by atoms with Crippen LogP contribution in [0.25, 0.3) is 0 Å². The van der Waals surface area contributed by atoms with Crippen molar-refractivity contribution in [3.05, 3.63) is 122 Å². The average molecular weight is 1030 g/mol. The average Bonchev–Trinajstić information content (AvgIpc) is 3.40. The fraction of sp³-hybridized carbons (Fsp3) is 0.662. The molecule has 0 rings (SSSR count). The maximum Gasteiger partial charge on any atom is 0.306 e. The van der Waals surface area contributed by atoms with E-state index in [2.05, 4.69) is 142 Å². The Hall–Kier alpha value is -4.19. The number of carbonyl (C=O) groups is 3. The molecule has 1 unspecified atom stereocenters. The van der Waals surface area contributed by atoms with Gasteiger partial charge in [-0.05, 0) is 116 Å². The fourth-order valence-corrected chi connectivity index (χ4v) is 8.13. The number of hydrogen-bond donors (Lipinski definition) is 0. The summed E-state index contributed by atoms with van der Waals surface area (Å²) in [6.45, 7) is 6.44. The number of unbranched alkanes of at least 4 members (excludes halogenated alkanes) is 23. The molecule has 1 atom stereocenters. The molecule has 0 fully saturated rings. The van der Waals surface area contributed by atoms with E-state index in [-0.39, 0.29) is 31.1 Å². The van der Waals surface area contributed by atoms with Gasteiger partial charge in [0.1, 0.15) is 13.2 Å². The Labute approximate surface area is 456 Å². The highest BCUT2D eigenvalue weighted by Crippen LogP contribution is 2.14. The number of ether oxygens (including phenoxy) is 3. The number of esters is 3. The van der Waals surface area contributed by atoms with Gasteiger partial charge in [0.2, 0.25) is 0 Å². The van der Waals surface area contributed by atoms with Crippen LogP contribution in [0, 0.1) is 0 Å². The molecule has 0 spiro atoms. The Morgan fingerprint density at radius 1 is 0.284 bits per heavy atom. The maximum absolute atomic E-state index is 12.8. The zero-order valence-electron chi connectivity index (χ0n) is 48.1. The van der Waals surface area contributed by atoms with Crippen LogP contribution in [0.15, 0.2) is 122 Å². The molecule has 74 heavy (non-hydrogen) atoms. The summed E-state index contributed by atoms with van der Waals surface area (Å²) in [6, 6.07) is 0. The lowest BCUT2D eigenvalue weighted by molar-refractivity contribution is -0.167. The van der Waals surface area contributed by atoms with Crippen LogP contribution in [0.1, 0.15) is 271 Å². The van der Waals surface area contributed by atoms with Gasteiger partial charge >= 0.3 is 17.9 Å². The van der Waals surface area contributed by atoms with Gasteiger partial charge in [-0.2, -0.15) is 0 Å². The molecule has 6 nitrogen and oxygen atoms in total. The van der Waals surface area contributed by atoms with Gasteiger partial charge < -0.3 is 14.2 Å². The standard InChI is InChI=1S/C68H112O6/c1-4-7-10-13-16-18-20-22-24-25-26-27-28-29-30-31-32-33-34-35-36-37-38-39-40-41-42-43-45-46-48-50-52-55-58-61-67(70)73-64-65(63-72-66(69)60-57-54-15-12-9-6-3)74-68(71)62-59-56-53-51-49-47-44-23-21-19-17-14-11-8-5-2/h7,10,16,18,22-24,26-27,29-30,32-33,35-36,38-39,41-42,44,65H,4-6,8-9,11-15,17,19-21,25,28,31,34,37,40,43,45-64H2,1-3H3/b10-7-,18-16-,24-22-,27-26-,30-29-,33-32-,36-35-,39-38-,42-41-,44-23-. The predicted octanol–water partition coefficient (Wildman–Crippen LogP) is 20.8. The quantitative estimate of drug-likeness (QED) is 0.0261. The van der Waals surface area contributed by atoms with Crippen molar-refractivity contribution in [3.63, 3.8) is 0 Å². The zero-order chi connectivity index (χ0) is 53.6. The zero-order valence-corrected chi connectivity index (χ0v) is 48.1. The second-order valence-electron chi connectivity index (χ2n) is 19.9. The first kappa shape index (κ1) is 69.8. The second kappa shape index (κ2) is 61.4. The van der Waals surface area contributed by atoms with Gasteiger partial charge in [-0.25, -0.2) is 0 Å². The normalized spacial score (nSPS) is 13.0. The molecular weight excluding hydrogens is 913 g/mol. The van der Waals surface area contributed by atoms with Crippen LogP contribution in [-0.2, 0) is 28.6 Å². The molecule has 0 aromatic carbocycles. The van der Waals surface area contributed by atoms with Crippen molar-refractivity contribution in [2.45, 2.75) is 277 Å². The van der Waals surface area contributed by atoms with Gasteiger partial charge in [0.05, 0.1) is 0 Å². The van der Waals surface area contributed by atoms with E-state index in [1.54, 1.807) is 0 Å². The molecule has 0 aliphatic heterocycles. The Morgan fingerprint density at radius 3 is 0.838 bits per heavy atom. The van der Waals surface area contributed by atoms with Crippen LogP contribution in [0.4, 0.5) is 0 Å². The van der Waals surface area contributed by atoms with Gasteiger partial charge in [0.25, 0.3) is 0 Å². The molecule has 0 aromatic rings. The highest BCUT2D eigenvalue weighted by atomic mass is 16.6. The van der Waals surface area contributed by atoms with Crippen LogP contribution in [-0.4, -0.2) is 37.2 Å². The summed E-state index contributed by atoms with van der Waals surface area (Å²) in [6.07, 6.45) is 85.2. The molecule has 0 aliphatic carbocycles. The summed E-state index contributed by atoms with van der Waals surface area (Å²) in [7, 11) is 0. The Balaban J connectivity index is 4.11. The Kier molecular flexibility index (Phi) is 57.9. The Bertz CT molecular complexity index is 1550. The number of hydrogen-bond acceptors (Lipinski definition) is 6. The first-order valence-electron chi connectivity index (χ1n) is 30.5. The van der Waals surface area contributed by atoms with Crippen molar-refractivity contribution in [2.75, 3.05) is 13.2 Å². The third kappa shape index (κ3) is 58.7. The van der Waals surface area contributed by atoms with E-state index in [0.717, 1.165) is 135 Å². The molecule has 0 aromatic heterocycles. The summed E-state index contributed by atoms with van der Waals surface area (Å²) in [5.74, 6) is -0.915. The van der Waals surface area contributed by atoms with Crippen LogP contribution >= 0.6 is 0 Å². The molecule has 0 N–H and O–H groups in total. The van der Waals surface area contributed by atoms with Crippen molar-refractivity contribution < 1.29 is 28.6 Å². The number of rotatable bonds is 54. The van der Waals surface area contributed by atoms with E-state index >= 15 is 0 Å². The van der Waals surface area contributed by atoms with Gasteiger partial charge in [0.15, 0.2) is 6.10 Å². The fourth-order valence-electron chi connectivity index (χ4n) is 8.13. The lowest BCUT2D eigenvalue weighted by Gasteiger charge is -2.18. The molecule has 0 heterocycles. The lowest BCUT2D eigenvalue weighted by atomic mass is 10.1. The van der Waals surface area contributed by atoms with Crippen molar-refractivity contribution in [2.24, 2.45) is 0 Å². The van der Waals surface area contributed by atoms with Crippen LogP contribution in [0.2, 0.25) is 0 Å². The van der Waals surface area contributed by atoms with Gasteiger partial charge in [-0.3, -0.25) is 14.4 Å². The molecule has 0 saturated carbocycles. The first-order valence-corrected chi connectivity index (χ1v) is 30.5. The molecule has 6 heteroatoms. The van der Waals surface area contributed by atoms with Gasteiger partial charge in [0, 0.05) is 19.3 Å². The minimum atomic E-state index is -0.785. The molecule has 0 bridgehead atoms. The van der Waals surface area contributed by atoms with Crippen molar-refractivity contribution in [3.8, 4) is 0 Å². The highest BCUT2D eigenvalue weighted by Gasteiger charge is 2.19. The van der Waals surface area contributed by atoms with E-state index in [9.17, 15) is 14.4 Å². The molecule has 0 radical (unpaired) electrons. The largest absolute Gasteiger partial charge is 0.462 e. The molecule has 0 saturated heterocycles. The van der Waals surface area contributed by atoms with Crippen LogP contribution in [0.5, 0.6) is 0 Å². The number of carbonyl (C=O) groups excluding carboxylic acids is 3. The smallest absolute Gasteiger partial charge is 0.306 e. The summed E-state index contributed by atoms with van der Waals surface area (Å²) < 4.78 is 16.7.